The average Bonchev–Trinajstić information content (AvgIpc) is 3.38. The molecule has 0 atom stereocenters. The van der Waals surface area contributed by atoms with E-state index in [4.69, 9.17) is 5.10 Å². The quantitative estimate of drug-likeness (QED) is 0.610. The number of aromatic nitrogens is 2. The summed E-state index contributed by atoms with van der Waals surface area (Å²) < 4.78 is 28.9. The van der Waals surface area contributed by atoms with E-state index in [-0.39, 0.29) is 10.8 Å². The minimum absolute atomic E-state index is 0.116. The largest absolute Gasteiger partial charge is 0.306 e. The molecule has 0 aliphatic heterocycles. The van der Waals surface area contributed by atoms with Gasteiger partial charge in [0.15, 0.2) is 0 Å². The van der Waals surface area contributed by atoms with Gasteiger partial charge in [-0.2, -0.15) is 9.40 Å². The lowest BCUT2D eigenvalue weighted by Crippen LogP contribution is -2.30. The van der Waals surface area contributed by atoms with Crippen molar-refractivity contribution in [2.24, 2.45) is 0 Å². The Morgan fingerprint density at radius 1 is 1.06 bits per heavy atom. The molecule has 31 heavy (non-hydrogen) atoms. The first-order valence-electron chi connectivity index (χ1n) is 10.5. The second-order valence-electron chi connectivity index (χ2n) is 7.45. The van der Waals surface area contributed by atoms with Gasteiger partial charge in [-0.1, -0.05) is 38.1 Å². The molecular formula is C23H26N4O3S. The molecule has 4 rings (SSSR count). The van der Waals surface area contributed by atoms with Gasteiger partial charge in [-0.05, 0) is 49.6 Å². The third kappa shape index (κ3) is 4.00. The van der Waals surface area contributed by atoms with Crippen molar-refractivity contribution in [3.05, 3.63) is 71.4 Å². The van der Waals surface area contributed by atoms with E-state index in [9.17, 15) is 13.2 Å². The monoisotopic (exact) mass is 438 g/mol. The van der Waals surface area contributed by atoms with E-state index in [1.807, 2.05) is 30.3 Å². The van der Waals surface area contributed by atoms with Gasteiger partial charge in [0.25, 0.3) is 5.91 Å². The van der Waals surface area contributed by atoms with Crippen LogP contribution < -0.4 is 5.32 Å². The SMILES string of the molecule is CCN(CC)S(=O)(=O)c1cccc(C(=O)Nc2c3c(nn2-c2ccccc2)CCC3)c1. The molecule has 2 aromatic carbocycles. The van der Waals surface area contributed by atoms with Crippen LogP contribution in [0.1, 0.15) is 41.9 Å². The van der Waals surface area contributed by atoms with E-state index in [2.05, 4.69) is 5.32 Å². The summed E-state index contributed by atoms with van der Waals surface area (Å²) in [5.41, 5.74) is 3.20. The molecule has 162 valence electrons. The molecular weight excluding hydrogens is 412 g/mol. The number of anilines is 1. The van der Waals surface area contributed by atoms with Crippen LogP contribution in [0.2, 0.25) is 0 Å². The minimum Gasteiger partial charge on any atom is -0.306 e. The second kappa shape index (κ2) is 8.64. The highest BCUT2D eigenvalue weighted by molar-refractivity contribution is 7.89. The molecule has 3 aromatic rings. The summed E-state index contributed by atoms with van der Waals surface area (Å²) in [6, 6.07) is 15.8. The number of fused-ring (bicyclic) bond motifs is 1. The number of carbonyl (C=O) groups excluding carboxylic acids is 1. The Hall–Kier alpha value is -2.97. The second-order valence-corrected chi connectivity index (χ2v) is 9.38. The molecule has 1 heterocycles. The van der Waals surface area contributed by atoms with Gasteiger partial charge in [-0.3, -0.25) is 4.79 Å². The fourth-order valence-electron chi connectivity index (χ4n) is 3.97. The predicted molar refractivity (Wildman–Crippen MR) is 120 cm³/mol. The van der Waals surface area contributed by atoms with Crippen molar-refractivity contribution < 1.29 is 13.2 Å². The zero-order valence-electron chi connectivity index (χ0n) is 17.7. The normalized spacial score (nSPS) is 13.4. The number of amides is 1. The maximum atomic E-state index is 13.1. The first-order chi connectivity index (χ1) is 15.0. The molecule has 8 heteroatoms. The zero-order valence-corrected chi connectivity index (χ0v) is 18.5. The smallest absolute Gasteiger partial charge is 0.256 e. The molecule has 0 saturated carbocycles. The van der Waals surface area contributed by atoms with Crippen LogP contribution >= 0.6 is 0 Å². The van der Waals surface area contributed by atoms with Crippen LogP contribution in [0.25, 0.3) is 5.69 Å². The minimum atomic E-state index is -3.64. The zero-order chi connectivity index (χ0) is 22.0. The standard InChI is InChI=1S/C23H26N4O3S/c1-3-26(4-2)31(29,30)19-13-8-10-17(16-19)23(28)24-22-20-14-9-15-21(20)25-27(22)18-11-6-5-7-12-18/h5-8,10-13,16H,3-4,9,14-15H2,1-2H3,(H,24,28). The Morgan fingerprint density at radius 2 is 1.81 bits per heavy atom. The van der Waals surface area contributed by atoms with Crippen molar-refractivity contribution in [1.82, 2.24) is 14.1 Å². The summed E-state index contributed by atoms with van der Waals surface area (Å²) in [6.07, 6.45) is 2.75. The molecule has 0 radical (unpaired) electrons. The molecule has 1 aliphatic rings. The third-order valence-electron chi connectivity index (χ3n) is 5.58. The van der Waals surface area contributed by atoms with Gasteiger partial charge in [0.05, 0.1) is 16.3 Å². The number of aryl methyl sites for hydroxylation is 1. The summed E-state index contributed by atoms with van der Waals surface area (Å²) in [7, 11) is -3.64. The highest BCUT2D eigenvalue weighted by atomic mass is 32.2. The lowest BCUT2D eigenvalue weighted by molar-refractivity contribution is 0.102. The summed E-state index contributed by atoms with van der Waals surface area (Å²) in [5.74, 6) is 0.295. The highest BCUT2D eigenvalue weighted by Gasteiger charge is 2.26. The number of nitrogens with zero attached hydrogens (tertiary/aromatic N) is 3. The van der Waals surface area contributed by atoms with Crippen LogP contribution in [0.3, 0.4) is 0 Å². The molecule has 1 amide bonds. The number of hydrogen-bond donors (Lipinski definition) is 1. The van der Waals surface area contributed by atoms with Crippen molar-refractivity contribution in [3.8, 4) is 5.69 Å². The molecule has 1 N–H and O–H groups in total. The average molecular weight is 439 g/mol. The summed E-state index contributed by atoms with van der Waals surface area (Å²) in [5, 5.41) is 7.70. The summed E-state index contributed by atoms with van der Waals surface area (Å²) >= 11 is 0. The lowest BCUT2D eigenvalue weighted by atomic mass is 10.2. The van der Waals surface area contributed by atoms with Crippen LogP contribution in [0.4, 0.5) is 5.82 Å². The Bertz CT molecular complexity index is 1200. The maximum absolute atomic E-state index is 13.1. The Kier molecular flexibility index (Phi) is 5.93. The fraction of sp³-hybridized carbons (Fsp3) is 0.304. The maximum Gasteiger partial charge on any atom is 0.256 e. The van der Waals surface area contributed by atoms with Crippen molar-refractivity contribution in [1.29, 1.82) is 0 Å². The van der Waals surface area contributed by atoms with Gasteiger partial charge in [-0.25, -0.2) is 13.1 Å². The number of nitrogens with one attached hydrogen (secondary N) is 1. The summed E-state index contributed by atoms with van der Waals surface area (Å²) in [4.78, 5) is 13.2. The lowest BCUT2D eigenvalue weighted by Gasteiger charge is -2.18. The Balaban J connectivity index is 1.68. The van der Waals surface area contributed by atoms with Crippen LogP contribution in [0, 0.1) is 0 Å². The van der Waals surface area contributed by atoms with Crippen LogP contribution in [-0.2, 0) is 22.9 Å². The van der Waals surface area contributed by atoms with E-state index >= 15 is 0 Å². The molecule has 0 fully saturated rings. The van der Waals surface area contributed by atoms with Crippen molar-refractivity contribution >= 4 is 21.7 Å². The number of para-hydroxylation sites is 1. The van der Waals surface area contributed by atoms with Crippen LogP contribution in [-0.4, -0.2) is 41.5 Å². The van der Waals surface area contributed by atoms with E-state index in [1.54, 1.807) is 30.7 Å². The number of sulfonamides is 1. The number of carbonyl (C=O) groups is 1. The molecule has 0 bridgehead atoms. The van der Waals surface area contributed by atoms with E-state index in [1.165, 1.54) is 16.4 Å². The van der Waals surface area contributed by atoms with Crippen LogP contribution in [0.5, 0.6) is 0 Å². The number of hydrogen-bond acceptors (Lipinski definition) is 4. The van der Waals surface area contributed by atoms with Crippen molar-refractivity contribution in [2.75, 3.05) is 18.4 Å². The molecule has 0 spiro atoms. The summed E-state index contributed by atoms with van der Waals surface area (Å²) in [6.45, 7) is 4.33. The van der Waals surface area contributed by atoms with Gasteiger partial charge in [0.1, 0.15) is 5.82 Å². The number of rotatable bonds is 7. The third-order valence-corrected chi connectivity index (χ3v) is 7.63. The van der Waals surface area contributed by atoms with Gasteiger partial charge in [0, 0.05) is 24.2 Å². The van der Waals surface area contributed by atoms with Gasteiger partial charge in [0.2, 0.25) is 10.0 Å². The van der Waals surface area contributed by atoms with Crippen molar-refractivity contribution in [2.45, 2.75) is 38.0 Å². The molecule has 0 saturated heterocycles. The number of benzene rings is 2. The Morgan fingerprint density at radius 3 is 2.52 bits per heavy atom. The van der Waals surface area contributed by atoms with E-state index < -0.39 is 10.0 Å². The first-order valence-corrected chi connectivity index (χ1v) is 12.0. The van der Waals surface area contributed by atoms with Gasteiger partial charge in [-0.15, -0.1) is 0 Å². The van der Waals surface area contributed by atoms with E-state index in [0.717, 1.165) is 36.2 Å². The first kappa shape index (κ1) is 21.3. The topological polar surface area (TPSA) is 84.3 Å². The molecule has 1 aromatic heterocycles. The fourth-order valence-corrected chi connectivity index (χ4v) is 5.47. The van der Waals surface area contributed by atoms with Crippen LogP contribution in [0.15, 0.2) is 59.5 Å². The predicted octanol–water partition coefficient (Wildman–Crippen LogP) is 3.64. The van der Waals surface area contributed by atoms with Crippen molar-refractivity contribution in [3.63, 3.8) is 0 Å². The molecule has 7 nitrogen and oxygen atoms in total. The highest BCUT2D eigenvalue weighted by Crippen LogP contribution is 2.31. The Labute approximate surface area is 182 Å². The molecule has 0 unspecified atom stereocenters. The van der Waals surface area contributed by atoms with E-state index in [0.29, 0.717) is 24.5 Å². The van der Waals surface area contributed by atoms with Gasteiger partial charge < -0.3 is 5.32 Å². The van der Waals surface area contributed by atoms with Gasteiger partial charge >= 0.3 is 0 Å². The molecule has 1 aliphatic carbocycles.